The standard InChI is InChI=1S/C15H16N4O3/c1-2-13(20)17-15(6-3-7-15)9-14(21)16-10-4-5-11-12(8-10)19-22-18-11/h2,4-5,8H,1,3,6-7,9H2,(H,16,21)(H,17,20). The first-order valence-electron chi connectivity index (χ1n) is 7.07. The van der Waals surface area contributed by atoms with Crippen LogP contribution in [0, 0.1) is 0 Å². The van der Waals surface area contributed by atoms with Crippen LogP contribution in [-0.4, -0.2) is 27.7 Å². The summed E-state index contributed by atoms with van der Waals surface area (Å²) in [5, 5.41) is 13.1. The molecule has 7 heteroatoms. The molecule has 2 N–H and O–H groups in total. The Balaban J connectivity index is 1.66. The number of aromatic nitrogens is 2. The van der Waals surface area contributed by atoms with Gasteiger partial charge in [0.05, 0.1) is 6.42 Å². The van der Waals surface area contributed by atoms with Gasteiger partial charge in [-0.25, -0.2) is 4.63 Å². The quantitative estimate of drug-likeness (QED) is 0.820. The monoisotopic (exact) mass is 300 g/mol. The molecule has 7 nitrogen and oxygen atoms in total. The topological polar surface area (TPSA) is 97.1 Å². The first-order chi connectivity index (χ1) is 10.6. The first kappa shape index (κ1) is 14.2. The van der Waals surface area contributed by atoms with Crippen molar-refractivity contribution in [1.82, 2.24) is 15.6 Å². The fourth-order valence-electron chi connectivity index (χ4n) is 2.63. The van der Waals surface area contributed by atoms with E-state index in [1.54, 1.807) is 18.2 Å². The molecule has 22 heavy (non-hydrogen) atoms. The summed E-state index contributed by atoms with van der Waals surface area (Å²) in [4.78, 5) is 23.7. The molecule has 0 aliphatic heterocycles. The van der Waals surface area contributed by atoms with E-state index in [1.165, 1.54) is 6.08 Å². The minimum atomic E-state index is -0.450. The average Bonchev–Trinajstić information content (AvgIpc) is 2.92. The number of benzene rings is 1. The summed E-state index contributed by atoms with van der Waals surface area (Å²) >= 11 is 0. The third-order valence-corrected chi connectivity index (χ3v) is 3.92. The van der Waals surface area contributed by atoms with Crippen molar-refractivity contribution in [1.29, 1.82) is 0 Å². The van der Waals surface area contributed by atoms with Gasteiger partial charge in [0.25, 0.3) is 0 Å². The molecule has 1 aromatic heterocycles. The maximum atomic E-state index is 12.2. The van der Waals surface area contributed by atoms with Gasteiger partial charge < -0.3 is 10.6 Å². The van der Waals surface area contributed by atoms with E-state index in [9.17, 15) is 9.59 Å². The van der Waals surface area contributed by atoms with Gasteiger partial charge in [-0.1, -0.05) is 6.58 Å². The number of carbonyl (C=O) groups is 2. The van der Waals surface area contributed by atoms with Crippen LogP contribution in [0.25, 0.3) is 11.0 Å². The lowest BCUT2D eigenvalue weighted by atomic mass is 9.74. The highest BCUT2D eigenvalue weighted by molar-refractivity contribution is 5.94. The Labute approximate surface area is 126 Å². The van der Waals surface area contributed by atoms with Crippen molar-refractivity contribution in [2.45, 2.75) is 31.2 Å². The molecule has 1 saturated carbocycles. The molecule has 2 aromatic rings. The number of nitrogens with one attached hydrogen (secondary N) is 2. The van der Waals surface area contributed by atoms with E-state index < -0.39 is 5.54 Å². The Hall–Kier alpha value is -2.70. The second-order valence-electron chi connectivity index (χ2n) is 5.52. The molecule has 3 rings (SSSR count). The van der Waals surface area contributed by atoms with E-state index in [0.717, 1.165) is 19.3 Å². The highest BCUT2D eigenvalue weighted by Gasteiger charge is 2.39. The summed E-state index contributed by atoms with van der Waals surface area (Å²) in [5.74, 6) is -0.401. The zero-order chi connectivity index (χ0) is 15.6. The van der Waals surface area contributed by atoms with Crippen LogP contribution >= 0.6 is 0 Å². The number of carbonyl (C=O) groups excluding carboxylic acids is 2. The number of hydrogen-bond acceptors (Lipinski definition) is 5. The molecule has 1 heterocycles. The van der Waals surface area contributed by atoms with Gasteiger partial charge in [0.2, 0.25) is 11.8 Å². The van der Waals surface area contributed by atoms with Crippen molar-refractivity contribution in [3.8, 4) is 0 Å². The average molecular weight is 300 g/mol. The normalized spacial score (nSPS) is 15.8. The fourth-order valence-corrected chi connectivity index (χ4v) is 2.63. The van der Waals surface area contributed by atoms with Crippen molar-refractivity contribution >= 4 is 28.5 Å². The van der Waals surface area contributed by atoms with Crippen molar-refractivity contribution in [3.05, 3.63) is 30.9 Å². The van der Waals surface area contributed by atoms with Gasteiger partial charge in [0.15, 0.2) is 0 Å². The molecule has 1 aliphatic rings. The maximum Gasteiger partial charge on any atom is 0.243 e. The van der Waals surface area contributed by atoms with E-state index in [0.29, 0.717) is 16.7 Å². The molecule has 0 radical (unpaired) electrons. The molecule has 0 atom stereocenters. The summed E-state index contributed by atoms with van der Waals surface area (Å²) in [6.07, 6.45) is 4.06. The molecule has 1 aromatic carbocycles. The van der Waals surface area contributed by atoms with Gasteiger partial charge in [0.1, 0.15) is 11.0 Å². The lowest BCUT2D eigenvalue weighted by Gasteiger charge is -2.41. The lowest BCUT2D eigenvalue weighted by molar-refractivity contribution is -0.122. The van der Waals surface area contributed by atoms with Crippen LogP contribution in [0.4, 0.5) is 5.69 Å². The zero-order valence-corrected chi connectivity index (χ0v) is 12.0. The highest BCUT2D eigenvalue weighted by Crippen LogP contribution is 2.35. The fraction of sp³-hybridized carbons (Fsp3) is 0.333. The molecular weight excluding hydrogens is 284 g/mol. The Morgan fingerprint density at radius 1 is 1.32 bits per heavy atom. The van der Waals surface area contributed by atoms with Crippen LogP contribution in [-0.2, 0) is 9.59 Å². The maximum absolute atomic E-state index is 12.2. The van der Waals surface area contributed by atoms with Crippen LogP contribution < -0.4 is 10.6 Å². The smallest absolute Gasteiger partial charge is 0.243 e. The number of nitrogens with zero attached hydrogens (tertiary/aromatic N) is 2. The predicted molar refractivity (Wildman–Crippen MR) is 80.0 cm³/mol. The van der Waals surface area contributed by atoms with Gasteiger partial charge >= 0.3 is 0 Å². The Morgan fingerprint density at radius 2 is 2.09 bits per heavy atom. The van der Waals surface area contributed by atoms with Gasteiger partial charge in [-0.05, 0) is 53.9 Å². The molecular formula is C15H16N4O3. The van der Waals surface area contributed by atoms with E-state index >= 15 is 0 Å². The van der Waals surface area contributed by atoms with Crippen LogP contribution in [0.2, 0.25) is 0 Å². The molecule has 0 spiro atoms. The van der Waals surface area contributed by atoms with Crippen LogP contribution in [0.15, 0.2) is 35.5 Å². The summed E-state index contributed by atoms with van der Waals surface area (Å²) in [6.45, 7) is 3.44. The summed E-state index contributed by atoms with van der Waals surface area (Å²) in [7, 11) is 0. The van der Waals surface area contributed by atoms with Crippen molar-refractivity contribution in [3.63, 3.8) is 0 Å². The minimum Gasteiger partial charge on any atom is -0.347 e. The number of rotatable bonds is 5. The van der Waals surface area contributed by atoms with Crippen molar-refractivity contribution < 1.29 is 14.2 Å². The second-order valence-corrected chi connectivity index (χ2v) is 5.52. The van der Waals surface area contributed by atoms with Gasteiger partial charge in [0, 0.05) is 11.2 Å². The second kappa shape index (κ2) is 5.59. The molecule has 0 unspecified atom stereocenters. The van der Waals surface area contributed by atoms with Gasteiger partial charge in [-0.3, -0.25) is 9.59 Å². The Bertz CT molecular complexity index is 733. The molecule has 1 aliphatic carbocycles. The highest BCUT2D eigenvalue weighted by atomic mass is 16.6. The Kier molecular flexibility index (Phi) is 3.62. The Morgan fingerprint density at radius 3 is 2.77 bits per heavy atom. The van der Waals surface area contributed by atoms with E-state index in [4.69, 9.17) is 0 Å². The molecule has 1 fully saturated rings. The van der Waals surface area contributed by atoms with Crippen LogP contribution in [0.1, 0.15) is 25.7 Å². The molecule has 114 valence electrons. The third kappa shape index (κ3) is 2.83. The summed E-state index contributed by atoms with van der Waals surface area (Å²) in [5.41, 5.74) is 1.38. The van der Waals surface area contributed by atoms with Crippen molar-refractivity contribution in [2.75, 3.05) is 5.32 Å². The predicted octanol–water partition coefficient (Wildman–Crippen LogP) is 1.78. The van der Waals surface area contributed by atoms with Crippen LogP contribution in [0.5, 0.6) is 0 Å². The van der Waals surface area contributed by atoms with Gasteiger partial charge in [-0.2, -0.15) is 0 Å². The molecule has 0 saturated heterocycles. The zero-order valence-electron chi connectivity index (χ0n) is 12.0. The summed E-state index contributed by atoms with van der Waals surface area (Å²) < 4.78 is 4.62. The summed E-state index contributed by atoms with van der Waals surface area (Å²) in [6, 6.07) is 5.15. The third-order valence-electron chi connectivity index (χ3n) is 3.92. The SMILES string of the molecule is C=CC(=O)NC1(CC(=O)Nc2ccc3nonc3c2)CCC1. The van der Waals surface area contributed by atoms with E-state index in [2.05, 4.69) is 32.2 Å². The molecule has 2 amide bonds. The largest absolute Gasteiger partial charge is 0.347 e. The number of hydrogen-bond donors (Lipinski definition) is 2. The number of amides is 2. The van der Waals surface area contributed by atoms with E-state index in [1.807, 2.05) is 0 Å². The van der Waals surface area contributed by atoms with Gasteiger partial charge in [-0.15, -0.1) is 0 Å². The minimum absolute atomic E-state index is 0.153. The number of anilines is 1. The molecule has 0 bridgehead atoms. The van der Waals surface area contributed by atoms with Crippen LogP contribution in [0.3, 0.4) is 0 Å². The van der Waals surface area contributed by atoms with E-state index in [-0.39, 0.29) is 18.2 Å². The first-order valence-corrected chi connectivity index (χ1v) is 7.07. The number of fused-ring (bicyclic) bond motifs is 1. The van der Waals surface area contributed by atoms with Crippen molar-refractivity contribution in [2.24, 2.45) is 0 Å². The lowest BCUT2D eigenvalue weighted by Crippen LogP contribution is -2.54.